The van der Waals surface area contributed by atoms with Crippen molar-refractivity contribution in [2.45, 2.75) is 11.8 Å². The van der Waals surface area contributed by atoms with Gasteiger partial charge in [-0.15, -0.1) is 0 Å². The summed E-state index contributed by atoms with van der Waals surface area (Å²) in [5, 5.41) is 0. The molecule has 0 saturated heterocycles. The van der Waals surface area contributed by atoms with E-state index in [4.69, 9.17) is 5.84 Å². The van der Waals surface area contributed by atoms with Crippen LogP contribution in [-0.4, -0.2) is 13.4 Å². The average Bonchev–Trinajstić information content (AvgIpc) is 2.42. The molecule has 112 valence electrons. The van der Waals surface area contributed by atoms with E-state index in [1.807, 2.05) is 13.0 Å². The van der Waals surface area contributed by atoms with Gasteiger partial charge in [-0.25, -0.2) is 19.2 Å². The van der Waals surface area contributed by atoms with Gasteiger partial charge in [0.1, 0.15) is 4.90 Å². The minimum Gasteiger partial charge on any atom is -0.307 e. The standard InChI is InChI=1S/C12H12Br2N4O2S/c1-7-2-3-9(14)10(4-7)18-21(19,20)11-5-8(13)6-16-12(11)17-15/h2-6,18H,15H2,1H3,(H,16,17). The molecule has 0 saturated carbocycles. The van der Waals surface area contributed by atoms with Crippen molar-refractivity contribution in [3.63, 3.8) is 0 Å². The number of nitrogens with two attached hydrogens (primary N) is 1. The lowest BCUT2D eigenvalue weighted by Gasteiger charge is -2.13. The maximum Gasteiger partial charge on any atom is 0.265 e. The molecule has 4 N–H and O–H groups in total. The highest BCUT2D eigenvalue weighted by molar-refractivity contribution is 9.10. The van der Waals surface area contributed by atoms with Crippen LogP contribution in [-0.2, 0) is 10.0 Å². The number of anilines is 2. The number of nitrogens with zero attached hydrogens (tertiary/aromatic N) is 1. The summed E-state index contributed by atoms with van der Waals surface area (Å²) in [6.45, 7) is 1.87. The van der Waals surface area contributed by atoms with Gasteiger partial charge in [-0.05, 0) is 62.5 Å². The number of benzene rings is 1. The van der Waals surface area contributed by atoms with Crippen LogP contribution in [0.1, 0.15) is 5.56 Å². The zero-order valence-electron chi connectivity index (χ0n) is 10.9. The van der Waals surface area contributed by atoms with Crippen molar-refractivity contribution in [2.24, 2.45) is 5.84 Å². The third-order valence-corrected chi connectivity index (χ3v) is 5.12. The normalized spacial score (nSPS) is 11.2. The van der Waals surface area contributed by atoms with E-state index in [9.17, 15) is 8.42 Å². The number of aryl methyl sites for hydroxylation is 1. The highest BCUT2D eigenvalue weighted by Gasteiger charge is 2.21. The van der Waals surface area contributed by atoms with Crippen molar-refractivity contribution in [3.8, 4) is 0 Å². The summed E-state index contributed by atoms with van der Waals surface area (Å²) in [5.74, 6) is 5.38. The van der Waals surface area contributed by atoms with Gasteiger partial charge in [0, 0.05) is 15.1 Å². The second kappa shape index (κ2) is 6.30. The minimum atomic E-state index is -3.83. The number of nitrogen functional groups attached to an aromatic ring is 1. The Morgan fingerprint density at radius 1 is 1.24 bits per heavy atom. The van der Waals surface area contributed by atoms with E-state index in [1.165, 1.54) is 12.3 Å². The van der Waals surface area contributed by atoms with Crippen LogP contribution in [0.3, 0.4) is 0 Å². The maximum atomic E-state index is 12.5. The molecule has 0 fully saturated rings. The molecular weight excluding hydrogens is 424 g/mol. The molecule has 1 aromatic heterocycles. The fourth-order valence-corrected chi connectivity index (χ4v) is 3.83. The molecule has 0 aliphatic rings. The average molecular weight is 436 g/mol. The maximum absolute atomic E-state index is 12.5. The molecule has 21 heavy (non-hydrogen) atoms. The molecule has 0 radical (unpaired) electrons. The zero-order valence-corrected chi connectivity index (χ0v) is 14.9. The van der Waals surface area contributed by atoms with Crippen LogP contribution < -0.4 is 16.0 Å². The van der Waals surface area contributed by atoms with Gasteiger partial charge in [0.05, 0.1) is 5.69 Å². The first-order valence-electron chi connectivity index (χ1n) is 5.74. The Morgan fingerprint density at radius 2 is 1.95 bits per heavy atom. The molecule has 6 nitrogen and oxygen atoms in total. The molecule has 1 aromatic carbocycles. The highest BCUT2D eigenvalue weighted by Crippen LogP contribution is 2.28. The lowest BCUT2D eigenvalue weighted by Crippen LogP contribution is -2.19. The summed E-state index contributed by atoms with van der Waals surface area (Å²) in [6.07, 6.45) is 1.46. The van der Waals surface area contributed by atoms with Crippen molar-refractivity contribution >= 4 is 53.4 Å². The van der Waals surface area contributed by atoms with Crippen LogP contribution in [0.2, 0.25) is 0 Å². The monoisotopic (exact) mass is 434 g/mol. The summed E-state index contributed by atoms with van der Waals surface area (Å²) in [4.78, 5) is 3.88. The van der Waals surface area contributed by atoms with E-state index >= 15 is 0 Å². The smallest absolute Gasteiger partial charge is 0.265 e. The molecule has 0 amide bonds. The summed E-state index contributed by atoms with van der Waals surface area (Å²) in [7, 11) is -3.83. The lowest BCUT2D eigenvalue weighted by molar-refractivity contribution is 0.601. The Kier molecular flexibility index (Phi) is 4.87. The van der Waals surface area contributed by atoms with Crippen LogP contribution in [0.5, 0.6) is 0 Å². The van der Waals surface area contributed by atoms with Crippen molar-refractivity contribution < 1.29 is 8.42 Å². The quantitative estimate of drug-likeness (QED) is 0.506. The van der Waals surface area contributed by atoms with Crippen LogP contribution in [0.4, 0.5) is 11.5 Å². The van der Waals surface area contributed by atoms with Gasteiger partial charge in [-0.1, -0.05) is 6.07 Å². The number of hydrogen-bond donors (Lipinski definition) is 3. The van der Waals surface area contributed by atoms with Gasteiger partial charge in [0.25, 0.3) is 10.0 Å². The Labute approximate surface area is 139 Å². The summed E-state index contributed by atoms with van der Waals surface area (Å²) in [5.41, 5.74) is 3.65. The van der Waals surface area contributed by atoms with E-state index in [-0.39, 0.29) is 10.7 Å². The second-order valence-electron chi connectivity index (χ2n) is 4.23. The topological polar surface area (TPSA) is 97.1 Å². The van der Waals surface area contributed by atoms with Gasteiger partial charge in [-0.2, -0.15) is 0 Å². The van der Waals surface area contributed by atoms with E-state index in [0.29, 0.717) is 14.6 Å². The number of hydrazine groups is 1. The first-order chi connectivity index (χ1) is 9.83. The van der Waals surface area contributed by atoms with E-state index < -0.39 is 10.0 Å². The highest BCUT2D eigenvalue weighted by atomic mass is 79.9. The van der Waals surface area contributed by atoms with Crippen LogP contribution in [0.25, 0.3) is 0 Å². The molecule has 0 unspecified atom stereocenters. The fraction of sp³-hybridized carbons (Fsp3) is 0.0833. The van der Waals surface area contributed by atoms with Crippen LogP contribution >= 0.6 is 31.9 Å². The SMILES string of the molecule is Cc1ccc(Br)c(NS(=O)(=O)c2cc(Br)cnc2NN)c1. The first kappa shape index (κ1) is 16.2. The molecule has 0 atom stereocenters. The fourth-order valence-electron chi connectivity index (χ4n) is 1.65. The lowest BCUT2D eigenvalue weighted by atomic mass is 10.2. The van der Waals surface area contributed by atoms with Crippen molar-refractivity contribution in [2.75, 3.05) is 10.1 Å². The number of aromatic nitrogens is 1. The molecule has 0 aliphatic heterocycles. The van der Waals surface area contributed by atoms with Gasteiger partial charge < -0.3 is 5.43 Å². The molecule has 0 bridgehead atoms. The Balaban J connectivity index is 2.48. The Morgan fingerprint density at radius 3 is 2.62 bits per heavy atom. The predicted octanol–water partition coefficient (Wildman–Crippen LogP) is 3.00. The molecule has 0 aliphatic carbocycles. The molecule has 0 spiro atoms. The van der Waals surface area contributed by atoms with E-state index in [0.717, 1.165) is 5.56 Å². The number of nitrogens with one attached hydrogen (secondary N) is 2. The second-order valence-corrected chi connectivity index (χ2v) is 7.65. The third-order valence-electron chi connectivity index (χ3n) is 2.61. The molecule has 2 aromatic rings. The Bertz CT molecular complexity index is 781. The van der Waals surface area contributed by atoms with Gasteiger partial charge in [-0.3, -0.25) is 4.72 Å². The number of hydrogen-bond acceptors (Lipinski definition) is 5. The summed E-state index contributed by atoms with van der Waals surface area (Å²) in [6, 6.07) is 6.79. The van der Waals surface area contributed by atoms with Gasteiger partial charge >= 0.3 is 0 Å². The summed E-state index contributed by atoms with van der Waals surface area (Å²) < 4.78 is 28.7. The number of sulfonamides is 1. The van der Waals surface area contributed by atoms with Gasteiger partial charge in [0.15, 0.2) is 5.82 Å². The molecule has 9 heteroatoms. The first-order valence-corrected chi connectivity index (χ1v) is 8.81. The minimum absolute atomic E-state index is 0.0484. The largest absolute Gasteiger partial charge is 0.307 e. The Hall–Kier alpha value is -1.16. The number of halogens is 2. The van der Waals surface area contributed by atoms with Crippen molar-refractivity contribution in [1.82, 2.24) is 4.98 Å². The van der Waals surface area contributed by atoms with Crippen molar-refractivity contribution in [3.05, 3.63) is 45.0 Å². The number of pyridine rings is 1. The van der Waals surface area contributed by atoms with Crippen LogP contribution in [0, 0.1) is 6.92 Å². The van der Waals surface area contributed by atoms with Crippen LogP contribution in [0.15, 0.2) is 44.3 Å². The molecular formula is C12H12Br2N4O2S. The number of rotatable bonds is 4. The summed E-state index contributed by atoms with van der Waals surface area (Å²) >= 11 is 6.51. The third kappa shape index (κ3) is 3.73. The molecule has 2 rings (SSSR count). The van der Waals surface area contributed by atoms with E-state index in [2.05, 4.69) is 47.0 Å². The van der Waals surface area contributed by atoms with E-state index in [1.54, 1.807) is 12.1 Å². The zero-order chi connectivity index (χ0) is 15.6. The predicted molar refractivity (Wildman–Crippen MR) is 89.4 cm³/mol. The molecule has 1 heterocycles. The van der Waals surface area contributed by atoms with Crippen molar-refractivity contribution in [1.29, 1.82) is 0 Å². The van der Waals surface area contributed by atoms with Gasteiger partial charge in [0.2, 0.25) is 0 Å².